The maximum Gasteiger partial charge on any atom is 0.234 e. The summed E-state index contributed by atoms with van der Waals surface area (Å²) < 4.78 is 22.0. The predicted molar refractivity (Wildman–Crippen MR) is 53.3 cm³/mol. The molecule has 82 valence electrons. The van der Waals surface area contributed by atoms with Crippen LogP contribution in [0.3, 0.4) is 0 Å². The van der Waals surface area contributed by atoms with Crippen molar-refractivity contribution in [1.82, 2.24) is 10.6 Å². The minimum Gasteiger partial charge on any atom is -0.342 e. The number of hydrogen-bond acceptors (Lipinski definition) is 5. The molecule has 15 heavy (non-hydrogen) atoms. The quantitative estimate of drug-likeness (QED) is 0.573. The lowest BCUT2D eigenvalue weighted by Gasteiger charge is -2.08. The van der Waals surface area contributed by atoms with E-state index in [4.69, 9.17) is 5.26 Å². The van der Waals surface area contributed by atoms with Crippen molar-refractivity contribution in [1.29, 1.82) is 5.26 Å². The smallest absolute Gasteiger partial charge is 0.234 e. The van der Waals surface area contributed by atoms with Gasteiger partial charge >= 0.3 is 0 Å². The molecule has 0 aromatic heterocycles. The minimum atomic E-state index is -3.09. The Morgan fingerprint density at radius 1 is 1.60 bits per heavy atom. The molecule has 0 aliphatic carbocycles. The van der Waals surface area contributed by atoms with Gasteiger partial charge in [-0.25, -0.2) is 8.42 Å². The van der Waals surface area contributed by atoms with Crippen LogP contribution >= 0.6 is 0 Å². The number of hydrogen-bond donors (Lipinski definition) is 2. The SMILES string of the molecule is N#CCNC(=O)CNC1C=CS(=O)(=O)C1. The molecule has 1 aliphatic heterocycles. The van der Waals surface area contributed by atoms with E-state index in [1.165, 1.54) is 6.08 Å². The molecule has 0 spiro atoms. The highest BCUT2D eigenvalue weighted by Crippen LogP contribution is 2.06. The van der Waals surface area contributed by atoms with Gasteiger partial charge in [0.05, 0.1) is 18.4 Å². The predicted octanol–water partition coefficient (Wildman–Crippen LogP) is -1.47. The van der Waals surface area contributed by atoms with Crippen molar-refractivity contribution in [2.45, 2.75) is 6.04 Å². The maximum absolute atomic E-state index is 11.0. The number of carbonyl (C=O) groups excluding carboxylic acids is 1. The van der Waals surface area contributed by atoms with E-state index in [0.29, 0.717) is 0 Å². The molecule has 0 aromatic rings. The van der Waals surface area contributed by atoms with Crippen LogP contribution in [0.1, 0.15) is 0 Å². The number of nitriles is 1. The Bertz CT molecular complexity index is 407. The van der Waals surface area contributed by atoms with E-state index in [1.54, 1.807) is 6.07 Å². The van der Waals surface area contributed by atoms with Crippen LogP contribution in [-0.2, 0) is 14.6 Å². The molecule has 1 rings (SSSR count). The summed E-state index contributed by atoms with van der Waals surface area (Å²) in [6.45, 7) is -0.0362. The average molecular weight is 229 g/mol. The fourth-order valence-corrected chi connectivity index (χ4v) is 2.40. The van der Waals surface area contributed by atoms with Gasteiger partial charge in [0.1, 0.15) is 6.54 Å². The van der Waals surface area contributed by atoms with E-state index in [9.17, 15) is 13.2 Å². The van der Waals surface area contributed by atoms with Gasteiger partial charge in [0.2, 0.25) is 5.91 Å². The van der Waals surface area contributed by atoms with E-state index in [2.05, 4.69) is 10.6 Å². The molecule has 1 atom stereocenters. The Morgan fingerprint density at radius 2 is 2.33 bits per heavy atom. The monoisotopic (exact) mass is 229 g/mol. The number of nitrogens with one attached hydrogen (secondary N) is 2. The lowest BCUT2D eigenvalue weighted by Crippen LogP contribution is -2.39. The fraction of sp³-hybridized carbons (Fsp3) is 0.500. The minimum absolute atomic E-state index is 0.00616. The van der Waals surface area contributed by atoms with Crippen LogP contribution in [0.4, 0.5) is 0 Å². The average Bonchev–Trinajstić information content (AvgIpc) is 2.52. The normalized spacial score (nSPS) is 22.2. The summed E-state index contributed by atoms with van der Waals surface area (Å²) in [5.74, 6) is -0.340. The molecule has 1 unspecified atom stereocenters. The van der Waals surface area contributed by atoms with E-state index in [1.807, 2.05) is 0 Å². The Kier molecular flexibility index (Phi) is 3.82. The van der Waals surface area contributed by atoms with Gasteiger partial charge in [0, 0.05) is 11.4 Å². The van der Waals surface area contributed by atoms with Crippen LogP contribution in [0, 0.1) is 11.3 Å². The van der Waals surface area contributed by atoms with Crippen LogP contribution in [0.15, 0.2) is 11.5 Å². The number of rotatable bonds is 4. The first-order chi connectivity index (χ1) is 7.03. The maximum atomic E-state index is 11.0. The molecule has 0 radical (unpaired) electrons. The van der Waals surface area contributed by atoms with Gasteiger partial charge in [-0.1, -0.05) is 6.08 Å². The standard InChI is InChI=1S/C8H11N3O3S/c9-2-3-10-8(12)5-11-7-1-4-15(13,14)6-7/h1,4,7,11H,3,5-6H2,(H,10,12). The summed E-state index contributed by atoms with van der Waals surface area (Å²) in [5.41, 5.74) is 0. The highest BCUT2D eigenvalue weighted by Gasteiger charge is 2.21. The van der Waals surface area contributed by atoms with Crippen molar-refractivity contribution in [3.63, 3.8) is 0 Å². The van der Waals surface area contributed by atoms with Crippen LogP contribution < -0.4 is 10.6 Å². The zero-order chi connectivity index (χ0) is 11.3. The number of nitrogens with zero attached hydrogens (tertiary/aromatic N) is 1. The summed E-state index contributed by atoms with van der Waals surface area (Å²) >= 11 is 0. The third-order valence-electron chi connectivity index (χ3n) is 1.82. The highest BCUT2D eigenvalue weighted by atomic mass is 32.2. The third kappa shape index (κ3) is 4.10. The van der Waals surface area contributed by atoms with Crippen molar-refractivity contribution in [3.8, 4) is 6.07 Å². The number of carbonyl (C=O) groups is 1. The highest BCUT2D eigenvalue weighted by molar-refractivity contribution is 7.94. The largest absolute Gasteiger partial charge is 0.342 e. The van der Waals surface area contributed by atoms with Crippen molar-refractivity contribution in [2.24, 2.45) is 0 Å². The fourth-order valence-electron chi connectivity index (χ4n) is 1.13. The van der Waals surface area contributed by atoms with Gasteiger partial charge in [0.15, 0.2) is 9.84 Å². The second-order valence-electron chi connectivity index (χ2n) is 3.08. The van der Waals surface area contributed by atoms with Crippen LogP contribution in [0.25, 0.3) is 0 Å². The topological polar surface area (TPSA) is 99.1 Å². The van der Waals surface area contributed by atoms with Crippen molar-refractivity contribution < 1.29 is 13.2 Å². The van der Waals surface area contributed by atoms with Crippen LogP contribution in [-0.4, -0.2) is 39.2 Å². The molecule has 1 amide bonds. The summed E-state index contributed by atoms with van der Waals surface area (Å²) in [6.07, 6.45) is 1.51. The number of sulfone groups is 1. The second-order valence-corrected chi connectivity index (χ2v) is 5.01. The van der Waals surface area contributed by atoms with Gasteiger partial charge in [-0.3, -0.25) is 4.79 Å². The van der Waals surface area contributed by atoms with Crippen molar-refractivity contribution in [2.75, 3.05) is 18.8 Å². The summed E-state index contributed by atoms with van der Waals surface area (Å²) in [4.78, 5) is 11.0. The lowest BCUT2D eigenvalue weighted by atomic mass is 10.3. The molecule has 0 bridgehead atoms. The molecule has 0 aromatic carbocycles. The lowest BCUT2D eigenvalue weighted by molar-refractivity contribution is -0.120. The first kappa shape index (κ1) is 11.7. The van der Waals surface area contributed by atoms with Crippen molar-refractivity contribution in [3.05, 3.63) is 11.5 Å². The van der Waals surface area contributed by atoms with Crippen LogP contribution in [0.2, 0.25) is 0 Å². The number of amides is 1. The van der Waals surface area contributed by atoms with Crippen molar-refractivity contribution >= 4 is 15.7 Å². The molecule has 1 heterocycles. The molecular formula is C8H11N3O3S. The molecule has 6 nitrogen and oxygen atoms in total. The van der Waals surface area contributed by atoms with Gasteiger partial charge in [-0.15, -0.1) is 0 Å². The molecule has 0 saturated carbocycles. The van der Waals surface area contributed by atoms with Gasteiger partial charge in [-0.05, 0) is 0 Å². The molecule has 1 aliphatic rings. The second kappa shape index (κ2) is 4.91. The molecule has 7 heteroatoms. The first-order valence-electron chi connectivity index (χ1n) is 4.31. The van der Waals surface area contributed by atoms with E-state index >= 15 is 0 Å². The summed E-state index contributed by atoms with van der Waals surface area (Å²) in [6, 6.07) is 1.45. The summed E-state index contributed by atoms with van der Waals surface area (Å²) in [5, 5.41) is 14.4. The molecule has 0 fully saturated rings. The van der Waals surface area contributed by atoms with Crippen LogP contribution in [0.5, 0.6) is 0 Å². The van der Waals surface area contributed by atoms with E-state index in [0.717, 1.165) is 5.41 Å². The first-order valence-corrected chi connectivity index (χ1v) is 6.03. The zero-order valence-electron chi connectivity index (χ0n) is 7.93. The van der Waals surface area contributed by atoms with E-state index < -0.39 is 9.84 Å². The Labute approximate surface area is 87.9 Å². The molecular weight excluding hydrogens is 218 g/mol. The third-order valence-corrected chi connectivity index (χ3v) is 3.22. The molecule has 2 N–H and O–H groups in total. The Morgan fingerprint density at radius 3 is 2.87 bits per heavy atom. The Hall–Kier alpha value is -1.39. The van der Waals surface area contributed by atoms with Gasteiger partial charge < -0.3 is 10.6 Å². The van der Waals surface area contributed by atoms with E-state index in [-0.39, 0.29) is 30.8 Å². The Balaban J connectivity index is 2.26. The molecule has 0 saturated heterocycles. The van der Waals surface area contributed by atoms with Gasteiger partial charge in [0.25, 0.3) is 0 Å². The zero-order valence-corrected chi connectivity index (χ0v) is 8.75. The summed E-state index contributed by atoms with van der Waals surface area (Å²) in [7, 11) is -3.09. The van der Waals surface area contributed by atoms with Gasteiger partial charge in [-0.2, -0.15) is 5.26 Å².